The Morgan fingerprint density at radius 3 is 1.70 bits per heavy atom. The van der Waals surface area contributed by atoms with Gasteiger partial charge in [0.2, 0.25) is 0 Å². The van der Waals surface area contributed by atoms with Crippen LogP contribution in [0.2, 0.25) is 0 Å². The van der Waals surface area contributed by atoms with Crippen LogP contribution in [0, 0.1) is 11.8 Å². The Kier molecular flexibility index (Phi) is 4.69. The van der Waals surface area contributed by atoms with Crippen LogP contribution in [0.5, 0.6) is 0 Å². The molecular weight excluding hydrogens is 119 g/mol. The summed E-state index contributed by atoms with van der Waals surface area (Å²) < 4.78 is 0. The first-order chi connectivity index (χ1) is 4.18. The molecule has 0 aliphatic heterocycles. The number of rotatable bonds is 0. The van der Waals surface area contributed by atoms with Crippen molar-refractivity contribution >= 4 is 18.9 Å². The predicted molar refractivity (Wildman–Crippen MR) is 43.9 cm³/mol. The molecule has 2 atom stereocenters. The molecule has 10 heavy (non-hydrogen) atoms. The maximum Gasteiger partial charge on any atom is 0.0545 e. The summed E-state index contributed by atoms with van der Waals surface area (Å²) in [5, 5.41) is 9.25. The summed E-state index contributed by atoms with van der Waals surface area (Å²) in [6.07, 6.45) is 3.33. The van der Waals surface area contributed by atoms with Gasteiger partial charge >= 0.3 is 0 Å². The Balaban J connectivity index is 0.000000810. The number of hydrogen-bond acceptors (Lipinski definition) is 1. The fourth-order valence-electron chi connectivity index (χ4n) is 1.90. The molecule has 0 heterocycles. The van der Waals surface area contributed by atoms with Gasteiger partial charge in [-0.3, -0.25) is 0 Å². The minimum absolute atomic E-state index is 0. The van der Waals surface area contributed by atoms with Crippen molar-refractivity contribution in [2.45, 2.75) is 39.2 Å². The molecule has 0 aromatic carbocycles. The van der Waals surface area contributed by atoms with Crippen LogP contribution in [0.4, 0.5) is 0 Å². The Morgan fingerprint density at radius 1 is 1.00 bits per heavy atom. The van der Waals surface area contributed by atoms with Gasteiger partial charge in [-0.2, -0.15) is 0 Å². The Morgan fingerprint density at radius 2 is 1.40 bits per heavy atom. The first-order valence-electron chi connectivity index (χ1n) is 3.86. The summed E-state index contributed by atoms with van der Waals surface area (Å²) in [4.78, 5) is 0. The van der Waals surface area contributed by atoms with Gasteiger partial charge in [-0.1, -0.05) is 13.8 Å². The van der Waals surface area contributed by atoms with Gasteiger partial charge < -0.3 is 5.11 Å². The van der Waals surface area contributed by atoms with Crippen LogP contribution in [-0.2, 0) is 0 Å². The normalized spacial score (nSPS) is 40.5. The van der Waals surface area contributed by atoms with Crippen LogP contribution < -0.4 is 0 Å². The van der Waals surface area contributed by atoms with Gasteiger partial charge in [0.1, 0.15) is 0 Å². The molecule has 0 aromatic heterocycles. The third kappa shape index (κ3) is 3.10. The number of aliphatic hydroxyl groups excluding tert-OH is 1. The standard InChI is InChI=1S/C8H16O.Li/c1-6-3-7(2)5-8(9)4-6;/h6-9H,3-5H2,1-2H3;. The molecule has 0 aromatic rings. The molecule has 0 bridgehead atoms. The summed E-state index contributed by atoms with van der Waals surface area (Å²) in [5.74, 6) is 1.48. The van der Waals surface area contributed by atoms with Crippen molar-refractivity contribution < 1.29 is 5.11 Å². The molecule has 1 N–H and O–H groups in total. The van der Waals surface area contributed by atoms with Crippen molar-refractivity contribution in [3.8, 4) is 0 Å². The molecule has 0 amide bonds. The van der Waals surface area contributed by atoms with E-state index in [1.165, 1.54) is 6.42 Å². The largest absolute Gasteiger partial charge is 0.393 e. The average Bonchev–Trinajstić information content (AvgIpc) is 1.59. The molecular formula is C8H16LiO. The molecule has 2 heteroatoms. The predicted octanol–water partition coefficient (Wildman–Crippen LogP) is 1.42. The summed E-state index contributed by atoms with van der Waals surface area (Å²) >= 11 is 0. The van der Waals surface area contributed by atoms with Crippen molar-refractivity contribution in [1.29, 1.82) is 0 Å². The van der Waals surface area contributed by atoms with Gasteiger partial charge in [0.05, 0.1) is 6.10 Å². The van der Waals surface area contributed by atoms with E-state index in [9.17, 15) is 5.11 Å². The molecule has 1 saturated carbocycles. The second-order valence-corrected chi connectivity index (χ2v) is 3.57. The Bertz CT molecular complexity index is 70.2. The molecule has 0 spiro atoms. The third-order valence-electron chi connectivity index (χ3n) is 2.15. The zero-order valence-electron chi connectivity index (χ0n) is 7.30. The summed E-state index contributed by atoms with van der Waals surface area (Å²) in [6.45, 7) is 4.44. The van der Waals surface area contributed by atoms with Crippen molar-refractivity contribution in [2.75, 3.05) is 0 Å². The van der Waals surface area contributed by atoms with E-state index in [1.807, 2.05) is 0 Å². The van der Waals surface area contributed by atoms with E-state index in [4.69, 9.17) is 0 Å². The molecule has 1 aliphatic rings. The number of aliphatic hydroxyl groups is 1. The molecule has 1 radical (unpaired) electrons. The van der Waals surface area contributed by atoms with E-state index in [0.29, 0.717) is 0 Å². The zero-order valence-corrected chi connectivity index (χ0v) is 7.30. The monoisotopic (exact) mass is 135 g/mol. The van der Waals surface area contributed by atoms with Gasteiger partial charge in [0.25, 0.3) is 0 Å². The van der Waals surface area contributed by atoms with Crippen LogP contribution in [0.3, 0.4) is 0 Å². The quantitative estimate of drug-likeness (QED) is 0.498. The minimum Gasteiger partial charge on any atom is -0.393 e. The van der Waals surface area contributed by atoms with E-state index in [-0.39, 0.29) is 25.0 Å². The van der Waals surface area contributed by atoms with Crippen LogP contribution in [-0.4, -0.2) is 30.1 Å². The fourth-order valence-corrected chi connectivity index (χ4v) is 1.90. The van der Waals surface area contributed by atoms with E-state index in [2.05, 4.69) is 13.8 Å². The van der Waals surface area contributed by atoms with Gasteiger partial charge in [0, 0.05) is 18.9 Å². The number of hydrogen-bond donors (Lipinski definition) is 1. The maximum atomic E-state index is 9.25. The second kappa shape index (κ2) is 4.44. The second-order valence-electron chi connectivity index (χ2n) is 3.57. The smallest absolute Gasteiger partial charge is 0.0545 e. The summed E-state index contributed by atoms with van der Waals surface area (Å²) in [7, 11) is 0. The van der Waals surface area contributed by atoms with E-state index in [1.54, 1.807) is 0 Å². The Labute approximate surface area is 75.4 Å². The van der Waals surface area contributed by atoms with Crippen LogP contribution in [0.1, 0.15) is 33.1 Å². The first-order valence-corrected chi connectivity index (χ1v) is 3.86. The van der Waals surface area contributed by atoms with Crippen molar-refractivity contribution in [1.82, 2.24) is 0 Å². The summed E-state index contributed by atoms with van der Waals surface area (Å²) in [5.41, 5.74) is 0. The van der Waals surface area contributed by atoms with Gasteiger partial charge in [-0.25, -0.2) is 0 Å². The molecule has 2 unspecified atom stereocenters. The molecule has 55 valence electrons. The Hall–Kier alpha value is 0.557. The maximum absolute atomic E-state index is 9.25. The fraction of sp³-hybridized carbons (Fsp3) is 1.00. The topological polar surface area (TPSA) is 20.2 Å². The van der Waals surface area contributed by atoms with Crippen molar-refractivity contribution in [3.05, 3.63) is 0 Å². The minimum atomic E-state index is -0.0104. The van der Waals surface area contributed by atoms with Gasteiger partial charge in [-0.05, 0) is 31.1 Å². The van der Waals surface area contributed by atoms with Crippen molar-refractivity contribution in [2.24, 2.45) is 11.8 Å². The van der Waals surface area contributed by atoms with E-state index < -0.39 is 0 Å². The van der Waals surface area contributed by atoms with Crippen molar-refractivity contribution in [3.63, 3.8) is 0 Å². The molecule has 1 fully saturated rings. The van der Waals surface area contributed by atoms with E-state index in [0.717, 1.165) is 24.7 Å². The van der Waals surface area contributed by atoms with Crippen LogP contribution in [0.25, 0.3) is 0 Å². The third-order valence-corrected chi connectivity index (χ3v) is 2.15. The van der Waals surface area contributed by atoms with E-state index >= 15 is 0 Å². The molecule has 0 saturated heterocycles. The van der Waals surface area contributed by atoms with Crippen LogP contribution in [0.15, 0.2) is 0 Å². The molecule has 1 aliphatic carbocycles. The SMILES string of the molecule is CC1CC(C)CC(O)C1.[Li]. The average molecular weight is 135 g/mol. The van der Waals surface area contributed by atoms with Crippen LogP contribution >= 0.6 is 0 Å². The molecule has 1 nitrogen and oxygen atoms in total. The van der Waals surface area contributed by atoms with Gasteiger partial charge in [0.15, 0.2) is 0 Å². The summed E-state index contributed by atoms with van der Waals surface area (Å²) in [6, 6.07) is 0. The molecule has 1 rings (SSSR count). The first kappa shape index (κ1) is 10.6. The van der Waals surface area contributed by atoms with Gasteiger partial charge in [-0.15, -0.1) is 0 Å². The zero-order chi connectivity index (χ0) is 6.85.